The number of likely N-dealkylation sites (N-methyl/N-ethyl adjacent to an activating group) is 1. The van der Waals surface area contributed by atoms with Crippen LogP contribution in [0.25, 0.3) is 22.9 Å². The SMILES string of the molecule is CCN1CCN(c2nc(C=Cc3ccncc3)cc3ccccc23)CC1. The number of nitrogens with zero attached hydrogens (tertiary/aromatic N) is 4. The summed E-state index contributed by atoms with van der Waals surface area (Å²) in [5.41, 5.74) is 2.13. The van der Waals surface area contributed by atoms with E-state index in [0.717, 1.165) is 49.8 Å². The smallest absolute Gasteiger partial charge is 0.137 e. The van der Waals surface area contributed by atoms with Crippen molar-refractivity contribution in [2.24, 2.45) is 0 Å². The van der Waals surface area contributed by atoms with Crippen LogP contribution in [0.2, 0.25) is 0 Å². The van der Waals surface area contributed by atoms with Gasteiger partial charge in [-0.3, -0.25) is 4.98 Å². The fourth-order valence-corrected chi connectivity index (χ4v) is 3.46. The summed E-state index contributed by atoms with van der Waals surface area (Å²) in [4.78, 5) is 14.0. The summed E-state index contributed by atoms with van der Waals surface area (Å²) in [6, 6.07) is 14.7. The maximum absolute atomic E-state index is 5.00. The lowest BCUT2D eigenvalue weighted by Crippen LogP contribution is -2.46. The molecule has 0 aliphatic carbocycles. The lowest BCUT2D eigenvalue weighted by Gasteiger charge is -2.35. The molecule has 1 aliphatic heterocycles. The van der Waals surface area contributed by atoms with E-state index in [0.29, 0.717) is 0 Å². The van der Waals surface area contributed by atoms with Crippen LogP contribution in [0.4, 0.5) is 5.82 Å². The first-order chi connectivity index (χ1) is 12.8. The molecule has 0 atom stereocenters. The van der Waals surface area contributed by atoms with Gasteiger partial charge in [0.1, 0.15) is 5.82 Å². The number of aromatic nitrogens is 2. The van der Waals surface area contributed by atoms with Crippen LogP contribution in [0.5, 0.6) is 0 Å². The molecular formula is C22H24N4. The second-order valence-corrected chi connectivity index (χ2v) is 6.63. The van der Waals surface area contributed by atoms with Crippen LogP contribution in [0.1, 0.15) is 18.2 Å². The van der Waals surface area contributed by atoms with Crippen LogP contribution in [0.3, 0.4) is 0 Å². The largest absolute Gasteiger partial charge is 0.354 e. The van der Waals surface area contributed by atoms with Gasteiger partial charge in [-0.25, -0.2) is 4.98 Å². The quantitative estimate of drug-likeness (QED) is 0.717. The van der Waals surface area contributed by atoms with Gasteiger partial charge in [-0.2, -0.15) is 0 Å². The number of benzene rings is 1. The number of hydrogen-bond acceptors (Lipinski definition) is 4. The maximum Gasteiger partial charge on any atom is 0.137 e. The van der Waals surface area contributed by atoms with E-state index in [1.54, 1.807) is 0 Å². The van der Waals surface area contributed by atoms with E-state index in [-0.39, 0.29) is 0 Å². The third-order valence-corrected chi connectivity index (χ3v) is 5.01. The highest BCUT2D eigenvalue weighted by Gasteiger charge is 2.19. The molecule has 4 heteroatoms. The van der Waals surface area contributed by atoms with Crippen molar-refractivity contribution >= 4 is 28.7 Å². The molecule has 4 rings (SSSR count). The second-order valence-electron chi connectivity index (χ2n) is 6.63. The van der Waals surface area contributed by atoms with E-state index in [4.69, 9.17) is 4.98 Å². The van der Waals surface area contributed by atoms with E-state index in [9.17, 15) is 0 Å². The number of rotatable bonds is 4. The Bertz CT molecular complexity index is 896. The number of anilines is 1. The molecule has 3 heterocycles. The number of fused-ring (bicyclic) bond motifs is 1. The van der Waals surface area contributed by atoms with Crippen molar-refractivity contribution in [1.29, 1.82) is 0 Å². The normalized spacial score (nSPS) is 15.8. The van der Waals surface area contributed by atoms with E-state index in [2.05, 4.69) is 64.2 Å². The lowest BCUT2D eigenvalue weighted by atomic mass is 10.1. The van der Waals surface area contributed by atoms with Crippen molar-refractivity contribution in [2.45, 2.75) is 6.92 Å². The zero-order valence-electron chi connectivity index (χ0n) is 15.2. The van der Waals surface area contributed by atoms with Crippen LogP contribution >= 0.6 is 0 Å². The summed E-state index contributed by atoms with van der Waals surface area (Å²) in [7, 11) is 0. The molecule has 3 aromatic rings. The average Bonchev–Trinajstić information content (AvgIpc) is 2.72. The van der Waals surface area contributed by atoms with Crippen molar-refractivity contribution in [3.63, 3.8) is 0 Å². The molecular weight excluding hydrogens is 320 g/mol. The standard InChI is InChI=1S/C22H24N4/c1-2-25-13-15-26(16-14-25)22-21-6-4-3-5-19(21)17-20(24-22)8-7-18-9-11-23-12-10-18/h3-12,17H,2,13-16H2,1H3. The first-order valence-corrected chi connectivity index (χ1v) is 9.28. The van der Waals surface area contributed by atoms with Crippen molar-refractivity contribution in [3.05, 3.63) is 66.1 Å². The summed E-state index contributed by atoms with van der Waals surface area (Å²) in [6.07, 6.45) is 7.81. The number of piperazine rings is 1. The molecule has 132 valence electrons. The van der Waals surface area contributed by atoms with Gasteiger partial charge in [-0.1, -0.05) is 37.3 Å². The summed E-state index contributed by atoms with van der Waals surface area (Å²) in [5.74, 6) is 1.10. The van der Waals surface area contributed by atoms with Gasteiger partial charge < -0.3 is 9.80 Å². The molecule has 1 fully saturated rings. The van der Waals surface area contributed by atoms with E-state index in [1.165, 1.54) is 10.8 Å². The molecule has 0 saturated carbocycles. The fourth-order valence-electron chi connectivity index (χ4n) is 3.46. The summed E-state index contributed by atoms with van der Waals surface area (Å²) < 4.78 is 0. The second kappa shape index (κ2) is 7.67. The average molecular weight is 344 g/mol. The molecule has 4 nitrogen and oxygen atoms in total. The Morgan fingerprint density at radius 2 is 1.73 bits per heavy atom. The number of hydrogen-bond donors (Lipinski definition) is 0. The van der Waals surface area contributed by atoms with Crippen molar-refractivity contribution in [2.75, 3.05) is 37.6 Å². The lowest BCUT2D eigenvalue weighted by molar-refractivity contribution is 0.271. The third-order valence-electron chi connectivity index (χ3n) is 5.01. The molecule has 0 radical (unpaired) electrons. The predicted molar refractivity (Wildman–Crippen MR) is 109 cm³/mol. The summed E-state index contributed by atoms with van der Waals surface area (Å²) in [5, 5.41) is 2.48. The van der Waals surface area contributed by atoms with Crippen LogP contribution in [0.15, 0.2) is 54.9 Å². The molecule has 1 saturated heterocycles. The molecule has 0 bridgehead atoms. The molecule has 0 spiro atoms. The Kier molecular flexibility index (Phi) is 4.93. The van der Waals surface area contributed by atoms with Gasteiger partial charge in [0.05, 0.1) is 5.69 Å². The molecule has 0 amide bonds. The van der Waals surface area contributed by atoms with E-state index in [1.807, 2.05) is 24.5 Å². The highest BCUT2D eigenvalue weighted by Crippen LogP contribution is 2.27. The maximum atomic E-state index is 5.00. The van der Waals surface area contributed by atoms with Gasteiger partial charge in [-0.05, 0) is 41.8 Å². The molecule has 0 N–H and O–H groups in total. The van der Waals surface area contributed by atoms with Gasteiger partial charge in [0.25, 0.3) is 0 Å². The van der Waals surface area contributed by atoms with E-state index >= 15 is 0 Å². The van der Waals surface area contributed by atoms with Gasteiger partial charge in [0.2, 0.25) is 0 Å². The first-order valence-electron chi connectivity index (χ1n) is 9.28. The van der Waals surface area contributed by atoms with Crippen molar-refractivity contribution < 1.29 is 0 Å². The van der Waals surface area contributed by atoms with Crippen LogP contribution < -0.4 is 4.90 Å². The zero-order chi connectivity index (χ0) is 17.8. The Labute approximate surface area is 154 Å². The minimum atomic E-state index is 0.994. The fraction of sp³-hybridized carbons (Fsp3) is 0.273. The Hall–Kier alpha value is -2.72. The highest BCUT2D eigenvalue weighted by molar-refractivity contribution is 5.94. The van der Waals surface area contributed by atoms with Crippen molar-refractivity contribution in [1.82, 2.24) is 14.9 Å². The van der Waals surface area contributed by atoms with E-state index < -0.39 is 0 Å². The van der Waals surface area contributed by atoms with Gasteiger partial charge in [-0.15, -0.1) is 0 Å². The van der Waals surface area contributed by atoms with Crippen molar-refractivity contribution in [3.8, 4) is 0 Å². The zero-order valence-corrected chi connectivity index (χ0v) is 15.2. The third kappa shape index (κ3) is 3.60. The Morgan fingerprint density at radius 3 is 2.50 bits per heavy atom. The Balaban J connectivity index is 1.68. The number of pyridine rings is 2. The predicted octanol–water partition coefficient (Wildman–Crippen LogP) is 3.94. The minimum Gasteiger partial charge on any atom is -0.354 e. The molecule has 2 aromatic heterocycles. The Morgan fingerprint density at radius 1 is 0.962 bits per heavy atom. The summed E-state index contributed by atoms with van der Waals surface area (Å²) >= 11 is 0. The highest BCUT2D eigenvalue weighted by atomic mass is 15.3. The van der Waals surface area contributed by atoms with Crippen LogP contribution in [-0.2, 0) is 0 Å². The molecule has 26 heavy (non-hydrogen) atoms. The molecule has 1 aliphatic rings. The first kappa shape index (κ1) is 16.7. The molecule has 0 unspecified atom stereocenters. The van der Waals surface area contributed by atoms with Gasteiger partial charge in [0, 0.05) is 44.0 Å². The van der Waals surface area contributed by atoms with Gasteiger partial charge in [0.15, 0.2) is 0 Å². The van der Waals surface area contributed by atoms with Gasteiger partial charge >= 0.3 is 0 Å². The topological polar surface area (TPSA) is 32.3 Å². The monoisotopic (exact) mass is 344 g/mol. The summed E-state index contributed by atoms with van der Waals surface area (Å²) in [6.45, 7) is 7.61. The minimum absolute atomic E-state index is 0.994. The molecule has 1 aromatic carbocycles. The van der Waals surface area contributed by atoms with Crippen LogP contribution in [-0.4, -0.2) is 47.6 Å². The van der Waals surface area contributed by atoms with Crippen LogP contribution in [0, 0.1) is 0 Å².